The molecule has 0 unspecified atom stereocenters. The highest BCUT2D eigenvalue weighted by molar-refractivity contribution is 6.43. The van der Waals surface area contributed by atoms with Crippen molar-refractivity contribution in [2.24, 2.45) is 5.92 Å². The summed E-state index contributed by atoms with van der Waals surface area (Å²) in [5, 5.41) is 3.51. The van der Waals surface area contributed by atoms with Gasteiger partial charge in [0.1, 0.15) is 6.04 Å². The van der Waals surface area contributed by atoms with Gasteiger partial charge in [0.25, 0.3) is 0 Å². The number of benzene rings is 1. The summed E-state index contributed by atoms with van der Waals surface area (Å²) in [4.78, 5) is 38.0. The van der Waals surface area contributed by atoms with Gasteiger partial charge in [0, 0.05) is 25.1 Å². The fourth-order valence-electron chi connectivity index (χ4n) is 3.09. The number of hydrogen-bond acceptors (Lipinski definition) is 4. The van der Waals surface area contributed by atoms with Crippen LogP contribution in [0.4, 0.5) is 0 Å². The van der Waals surface area contributed by atoms with Crippen LogP contribution < -0.4 is 5.32 Å². The molecule has 2 rings (SSSR count). The van der Waals surface area contributed by atoms with E-state index in [2.05, 4.69) is 10.1 Å². The lowest BCUT2D eigenvalue weighted by Crippen LogP contribution is -2.46. The van der Waals surface area contributed by atoms with Crippen molar-refractivity contribution in [3.8, 4) is 0 Å². The molecule has 1 fully saturated rings. The zero-order chi connectivity index (χ0) is 20.8. The molecule has 1 aromatic carbocycles. The van der Waals surface area contributed by atoms with Gasteiger partial charge in [0.15, 0.2) is 0 Å². The Labute approximate surface area is 174 Å². The molecular formula is C20H24Cl2N2O4. The van der Waals surface area contributed by atoms with Crippen molar-refractivity contribution in [2.45, 2.75) is 32.7 Å². The van der Waals surface area contributed by atoms with E-state index in [1.807, 2.05) is 13.0 Å². The van der Waals surface area contributed by atoms with E-state index in [1.165, 1.54) is 13.2 Å². The van der Waals surface area contributed by atoms with Crippen LogP contribution in [0.1, 0.15) is 32.3 Å². The second-order valence-corrected chi connectivity index (χ2v) is 7.57. The van der Waals surface area contributed by atoms with Crippen LogP contribution in [-0.2, 0) is 19.1 Å². The normalized spacial score (nSPS) is 16.5. The molecule has 6 nitrogen and oxygen atoms in total. The molecule has 0 radical (unpaired) electrons. The number of rotatable bonds is 5. The van der Waals surface area contributed by atoms with Gasteiger partial charge >= 0.3 is 5.97 Å². The number of piperidine rings is 1. The van der Waals surface area contributed by atoms with Crippen LogP contribution in [0.2, 0.25) is 10.0 Å². The van der Waals surface area contributed by atoms with E-state index in [-0.39, 0.29) is 17.7 Å². The van der Waals surface area contributed by atoms with Crippen LogP contribution >= 0.6 is 23.2 Å². The number of hydrogen-bond donors (Lipinski definition) is 1. The number of amides is 2. The average Bonchev–Trinajstić information content (AvgIpc) is 2.69. The summed E-state index contributed by atoms with van der Waals surface area (Å²) in [6.45, 7) is 4.33. The summed E-state index contributed by atoms with van der Waals surface area (Å²) in [6.07, 6.45) is 2.61. The molecule has 1 N–H and O–H groups in total. The van der Waals surface area contributed by atoms with E-state index in [1.54, 1.807) is 24.0 Å². The van der Waals surface area contributed by atoms with E-state index in [9.17, 15) is 14.4 Å². The highest BCUT2D eigenvalue weighted by Crippen LogP contribution is 2.30. The quantitative estimate of drug-likeness (QED) is 0.578. The van der Waals surface area contributed by atoms with Crippen LogP contribution in [0.3, 0.4) is 0 Å². The minimum absolute atomic E-state index is 0.129. The second-order valence-electron chi connectivity index (χ2n) is 6.78. The smallest absolute Gasteiger partial charge is 0.328 e. The Bertz CT molecular complexity index is 786. The fourth-order valence-corrected chi connectivity index (χ4v) is 3.54. The molecule has 28 heavy (non-hydrogen) atoms. The van der Waals surface area contributed by atoms with Gasteiger partial charge in [-0.15, -0.1) is 0 Å². The molecule has 1 aliphatic heterocycles. The SMILES string of the molecule is COC(=O)[C@H](C)NC(=O)C1CCN(C(=O)/C=C(\C)c2cccc(Cl)c2Cl)CC1. The van der Waals surface area contributed by atoms with E-state index >= 15 is 0 Å². The number of allylic oxidation sites excluding steroid dienone is 1. The number of methoxy groups -OCH3 is 1. The summed E-state index contributed by atoms with van der Waals surface area (Å²) >= 11 is 12.2. The number of nitrogens with one attached hydrogen (secondary N) is 1. The number of carbonyl (C=O) groups excluding carboxylic acids is 3. The largest absolute Gasteiger partial charge is 0.467 e. The van der Waals surface area contributed by atoms with Gasteiger partial charge in [-0.05, 0) is 43.9 Å². The first-order chi connectivity index (χ1) is 13.2. The number of ether oxygens (including phenoxy) is 1. The maximum atomic E-state index is 12.6. The predicted molar refractivity (Wildman–Crippen MR) is 109 cm³/mol. The van der Waals surface area contributed by atoms with Crippen molar-refractivity contribution >= 4 is 46.6 Å². The lowest BCUT2D eigenvalue weighted by atomic mass is 9.95. The molecule has 2 amide bonds. The second kappa shape index (κ2) is 9.94. The van der Waals surface area contributed by atoms with Crippen molar-refractivity contribution in [3.63, 3.8) is 0 Å². The van der Waals surface area contributed by atoms with Crippen molar-refractivity contribution in [1.82, 2.24) is 10.2 Å². The van der Waals surface area contributed by atoms with Crippen molar-refractivity contribution in [2.75, 3.05) is 20.2 Å². The van der Waals surface area contributed by atoms with Crippen LogP contribution in [-0.4, -0.2) is 48.9 Å². The van der Waals surface area contributed by atoms with Crippen LogP contribution in [0.5, 0.6) is 0 Å². The molecule has 8 heteroatoms. The number of likely N-dealkylation sites (tertiary alicyclic amines) is 1. The van der Waals surface area contributed by atoms with Gasteiger partial charge in [-0.2, -0.15) is 0 Å². The van der Waals surface area contributed by atoms with Crippen LogP contribution in [0, 0.1) is 5.92 Å². The summed E-state index contributed by atoms with van der Waals surface area (Å²) in [5.74, 6) is -1.04. The molecular weight excluding hydrogens is 403 g/mol. The topological polar surface area (TPSA) is 75.7 Å². The molecule has 0 saturated carbocycles. The number of nitrogens with zero attached hydrogens (tertiary/aromatic N) is 1. The molecule has 1 atom stereocenters. The lowest BCUT2D eigenvalue weighted by Gasteiger charge is -2.31. The first kappa shape index (κ1) is 22.2. The third-order valence-corrected chi connectivity index (χ3v) is 5.63. The monoisotopic (exact) mass is 426 g/mol. The van der Waals surface area contributed by atoms with Gasteiger partial charge in [-0.3, -0.25) is 9.59 Å². The Morgan fingerprint density at radius 3 is 2.50 bits per heavy atom. The van der Waals surface area contributed by atoms with Gasteiger partial charge in [-0.25, -0.2) is 4.79 Å². The highest BCUT2D eigenvalue weighted by Gasteiger charge is 2.28. The minimum Gasteiger partial charge on any atom is -0.467 e. The zero-order valence-electron chi connectivity index (χ0n) is 16.1. The third-order valence-electron chi connectivity index (χ3n) is 4.81. The standard InChI is InChI=1S/C20H24Cl2N2O4/c1-12(15-5-4-6-16(21)18(15)22)11-17(25)24-9-7-14(8-10-24)19(26)23-13(2)20(27)28-3/h4-6,11,13-14H,7-10H2,1-3H3,(H,23,26)/b12-11+/t13-/m0/s1. The molecule has 0 bridgehead atoms. The molecule has 1 heterocycles. The number of carbonyl (C=O) groups is 3. The first-order valence-electron chi connectivity index (χ1n) is 9.04. The van der Waals surface area contributed by atoms with Crippen molar-refractivity contribution in [1.29, 1.82) is 0 Å². The molecule has 0 aliphatic carbocycles. The van der Waals surface area contributed by atoms with Gasteiger partial charge in [0.05, 0.1) is 17.2 Å². The molecule has 1 saturated heterocycles. The highest BCUT2D eigenvalue weighted by atomic mass is 35.5. The number of halogens is 2. The average molecular weight is 427 g/mol. The van der Waals surface area contributed by atoms with Gasteiger partial charge in [-0.1, -0.05) is 35.3 Å². The fraction of sp³-hybridized carbons (Fsp3) is 0.450. The molecule has 0 aromatic heterocycles. The Morgan fingerprint density at radius 1 is 1.25 bits per heavy atom. The van der Waals surface area contributed by atoms with E-state index in [0.717, 1.165) is 5.57 Å². The minimum atomic E-state index is -0.690. The summed E-state index contributed by atoms with van der Waals surface area (Å²) < 4.78 is 4.61. The lowest BCUT2D eigenvalue weighted by molar-refractivity contribution is -0.145. The molecule has 1 aliphatic rings. The van der Waals surface area contributed by atoms with Crippen molar-refractivity contribution < 1.29 is 19.1 Å². The first-order valence-corrected chi connectivity index (χ1v) is 9.80. The van der Waals surface area contributed by atoms with Crippen LogP contribution in [0.15, 0.2) is 24.3 Å². The van der Waals surface area contributed by atoms with Crippen LogP contribution in [0.25, 0.3) is 5.57 Å². The van der Waals surface area contributed by atoms with E-state index in [0.29, 0.717) is 41.5 Å². The Balaban J connectivity index is 1.93. The Hall–Kier alpha value is -2.05. The number of esters is 1. The van der Waals surface area contributed by atoms with Gasteiger partial charge < -0.3 is 15.0 Å². The zero-order valence-corrected chi connectivity index (χ0v) is 17.6. The Morgan fingerprint density at radius 2 is 1.89 bits per heavy atom. The maximum Gasteiger partial charge on any atom is 0.328 e. The van der Waals surface area contributed by atoms with E-state index in [4.69, 9.17) is 23.2 Å². The summed E-state index contributed by atoms with van der Waals surface area (Å²) in [5.41, 5.74) is 1.44. The third kappa shape index (κ3) is 5.49. The molecule has 1 aromatic rings. The summed E-state index contributed by atoms with van der Waals surface area (Å²) in [7, 11) is 1.28. The van der Waals surface area contributed by atoms with Crippen molar-refractivity contribution in [3.05, 3.63) is 39.9 Å². The maximum absolute atomic E-state index is 12.6. The van der Waals surface area contributed by atoms with Gasteiger partial charge in [0.2, 0.25) is 11.8 Å². The predicted octanol–water partition coefficient (Wildman–Crippen LogP) is 3.31. The molecule has 152 valence electrons. The summed E-state index contributed by atoms with van der Waals surface area (Å²) in [6, 6.07) is 4.60. The Kier molecular flexibility index (Phi) is 7.89. The molecule has 0 spiro atoms. The van der Waals surface area contributed by atoms with E-state index < -0.39 is 12.0 Å².